The van der Waals surface area contributed by atoms with E-state index in [0.717, 1.165) is 12.0 Å². The van der Waals surface area contributed by atoms with Crippen molar-refractivity contribution in [2.45, 2.75) is 25.2 Å². The number of aliphatic carboxylic acids is 1. The molecule has 1 saturated heterocycles. The molecule has 7 heteroatoms. The summed E-state index contributed by atoms with van der Waals surface area (Å²) in [4.78, 5) is 24.8. The van der Waals surface area contributed by atoms with Crippen molar-refractivity contribution in [3.8, 4) is 0 Å². The number of urea groups is 1. The van der Waals surface area contributed by atoms with Crippen LogP contribution in [-0.2, 0) is 4.79 Å². The molecule has 130 valence electrons. The van der Waals surface area contributed by atoms with E-state index in [1.165, 1.54) is 0 Å². The Bertz CT molecular complexity index is 645. The quantitative estimate of drug-likeness (QED) is 0.850. The van der Waals surface area contributed by atoms with Gasteiger partial charge in [-0.1, -0.05) is 29.3 Å². The minimum Gasteiger partial charge on any atom is -0.481 e. The molecule has 0 radical (unpaired) electrons. The lowest BCUT2D eigenvalue weighted by atomic mass is 9.97. The number of carboxylic acid groups (broad SMARTS) is 1. The Morgan fingerprint density at radius 3 is 2.58 bits per heavy atom. The van der Waals surface area contributed by atoms with Gasteiger partial charge in [0.05, 0.1) is 5.92 Å². The predicted octanol–water partition coefficient (Wildman–Crippen LogP) is 3.60. The van der Waals surface area contributed by atoms with Gasteiger partial charge in [-0.05, 0) is 48.8 Å². The van der Waals surface area contributed by atoms with E-state index in [1.807, 2.05) is 12.1 Å². The van der Waals surface area contributed by atoms with Crippen molar-refractivity contribution >= 4 is 35.2 Å². The van der Waals surface area contributed by atoms with Crippen LogP contribution in [-0.4, -0.2) is 41.6 Å². The Morgan fingerprint density at radius 1 is 1.25 bits per heavy atom. The molecular formula is C17H20Cl2N2O3. The Labute approximate surface area is 150 Å². The molecule has 0 spiro atoms. The minimum absolute atomic E-state index is 0.105. The van der Waals surface area contributed by atoms with Gasteiger partial charge in [-0.15, -0.1) is 0 Å². The number of hydrogen-bond donors (Lipinski definition) is 2. The number of likely N-dealkylation sites (tertiary alicyclic amines) is 1. The van der Waals surface area contributed by atoms with E-state index in [2.05, 4.69) is 5.32 Å². The number of rotatable bonds is 4. The van der Waals surface area contributed by atoms with Crippen LogP contribution in [0.25, 0.3) is 0 Å². The first kappa shape index (κ1) is 17.4. The Kier molecular flexibility index (Phi) is 5.21. The number of halogens is 2. The monoisotopic (exact) mass is 370 g/mol. The van der Waals surface area contributed by atoms with E-state index in [-0.39, 0.29) is 11.9 Å². The van der Waals surface area contributed by atoms with Crippen LogP contribution in [0, 0.1) is 11.8 Å². The van der Waals surface area contributed by atoms with Crippen molar-refractivity contribution in [2.24, 2.45) is 11.8 Å². The molecule has 1 aliphatic carbocycles. The number of carbonyl (C=O) groups is 2. The fraction of sp³-hybridized carbons (Fsp3) is 0.529. The number of nitrogens with zero attached hydrogens (tertiary/aromatic N) is 1. The lowest BCUT2D eigenvalue weighted by Crippen LogP contribution is -2.46. The summed E-state index contributed by atoms with van der Waals surface area (Å²) in [5.41, 5.74) is 1.09. The maximum absolute atomic E-state index is 12.2. The first-order valence-electron chi connectivity index (χ1n) is 8.16. The summed E-state index contributed by atoms with van der Waals surface area (Å²) in [6, 6.07) is 5.43. The van der Waals surface area contributed by atoms with E-state index >= 15 is 0 Å². The van der Waals surface area contributed by atoms with Gasteiger partial charge in [-0.2, -0.15) is 0 Å². The number of benzene rings is 1. The average molecular weight is 371 g/mol. The summed E-state index contributed by atoms with van der Waals surface area (Å²) in [6.07, 6.45) is 2.05. The van der Waals surface area contributed by atoms with Gasteiger partial charge in [-0.25, -0.2) is 4.79 Å². The highest BCUT2D eigenvalue weighted by Crippen LogP contribution is 2.49. The number of hydrogen-bond acceptors (Lipinski definition) is 2. The smallest absolute Gasteiger partial charge is 0.317 e. The minimum atomic E-state index is -0.768. The molecule has 5 nitrogen and oxygen atoms in total. The fourth-order valence-electron chi connectivity index (χ4n) is 3.32. The summed E-state index contributed by atoms with van der Waals surface area (Å²) in [5, 5.41) is 13.2. The lowest BCUT2D eigenvalue weighted by Gasteiger charge is -2.30. The molecule has 0 unspecified atom stereocenters. The zero-order valence-electron chi connectivity index (χ0n) is 13.2. The van der Waals surface area contributed by atoms with Crippen molar-refractivity contribution in [3.05, 3.63) is 33.8 Å². The number of carboxylic acids is 1. The lowest BCUT2D eigenvalue weighted by molar-refractivity contribution is -0.143. The van der Waals surface area contributed by atoms with Gasteiger partial charge >= 0.3 is 12.0 Å². The van der Waals surface area contributed by atoms with Crippen LogP contribution in [0.4, 0.5) is 4.79 Å². The second-order valence-electron chi connectivity index (χ2n) is 6.55. The van der Waals surface area contributed by atoms with Gasteiger partial charge in [0.1, 0.15) is 0 Å². The Morgan fingerprint density at radius 2 is 1.96 bits per heavy atom. The van der Waals surface area contributed by atoms with Gasteiger partial charge in [0.25, 0.3) is 0 Å². The molecule has 2 atom stereocenters. The maximum atomic E-state index is 12.2. The maximum Gasteiger partial charge on any atom is 0.317 e. The Balaban J connectivity index is 1.44. The number of amides is 2. The molecule has 2 amide bonds. The van der Waals surface area contributed by atoms with Crippen LogP contribution >= 0.6 is 23.2 Å². The molecule has 1 aromatic rings. The highest BCUT2D eigenvalue weighted by atomic mass is 35.5. The fourth-order valence-corrected chi connectivity index (χ4v) is 3.86. The van der Waals surface area contributed by atoms with Gasteiger partial charge in [-0.3, -0.25) is 4.79 Å². The van der Waals surface area contributed by atoms with E-state index in [9.17, 15) is 9.59 Å². The van der Waals surface area contributed by atoms with E-state index < -0.39 is 5.97 Å². The van der Waals surface area contributed by atoms with Crippen LogP contribution in [0.15, 0.2) is 18.2 Å². The molecule has 0 bridgehead atoms. The van der Waals surface area contributed by atoms with Crippen LogP contribution in [0.3, 0.4) is 0 Å². The summed E-state index contributed by atoms with van der Waals surface area (Å²) in [6.45, 7) is 1.61. The first-order chi connectivity index (χ1) is 11.5. The normalized spacial score (nSPS) is 23.8. The average Bonchev–Trinajstić information content (AvgIpc) is 3.32. The number of piperidine rings is 1. The van der Waals surface area contributed by atoms with Crippen LogP contribution in [0.2, 0.25) is 10.0 Å². The highest BCUT2D eigenvalue weighted by Gasteiger charge is 2.39. The van der Waals surface area contributed by atoms with E-state index in [4.69, 9.17) is 28.3 Å². The van der Waals surface area contributed by atoms with Crippen molar-refractivity contribution in [1.29, 1.82) is 0 Å². The largest absolute Gasteiger partial charge is 0.481 e. The number of nitrogens with one attached hydrogen (secondary N) is 1. The molecular weight excluding hydrogens is 351 g/mol. The van der Waals surface area contributed by atoms with Crippen LogP contribution in [0.1, 0.15) is 30.7 Å². The van der Waals surface area contributed by atoms with Crippen LogP contribution < -0.4 is 5.32 Å². The third-order valence-electron chi connectivity index (χ3n) is 4.93. The molecule has 2 fully saturated rings. The standard InChI is InChI=1S/C17H20Cl2N2O3/c18-12-1-2-13(15(19)8-12)14-7-11(14)9-20-17(24)21-5-3-10(4-6-21)16(22)23/h1-2,8,10-11,14H,3-7,9H2,(H,20,24)(H,22,23)/t11-,14+/m0/s1. The van der Waals surface area contributed by atoms with Gasteiger partial charge in [0.2, 0.25) is 0 Å². The first-order valence-corrected chi connectivity index (χ1v) is 8.92. The van der Waals surface area contributed by atoms with E-state index in [0.29, 0.717) is 54.4 Å². The Hall–Kier alpha value is -1.46. The van der Waals surface area contributed by atoms with Crippen molar-refractivity contribution in [3.63, 3.8) is 0 Å². The topological polar surface area (TPSA) is 69.6 Å². The molecule has 0 aromatic heterocycles. The van der Waals surface area contributed by atoms with Crippen LogP contribution in [0.5, 0.6) is 0 Å². The molecule has 24 heavy (non-hydrogen) atoms. The molecule has 2 aliphatic rings. The van der Waals surface area contributed by atoms with Gasteiger partial charge in [0, 0.05) is 29.7 Å². The second kappa shape index (κ2) is 7.19. The summed E-state index contributed by atoms with van der Waals surface area (Å²) in [7, 11) is 0. The third-order valence-corrected chi connectivity index (χ3v) is 5.49. The van der Waals surface area contributed by atoms with Gasteiger partial charge in [0.15, 0.2) is 0 Å². The summed E-state index contributed by atoms with van der Waals surface area (Å²) >= 11 is 12.1. The van der Waals surface area contributed by atoms with E-state index in [1.54, 1.807) is 11.0 Å². The zero-order valence-corrected chi connectivity index (χ0v) is 14.7. The van der Waals surface area contributed by atoms with Crippen molar-refractivity contribution in [1.82, 2.24) is 10.2 Å². The SMILES string of the molecule is O=C(O)C1CCN(C(=O)NC[C@@H]2C[C@H]2c2ccc(Cl)cc2Cl)CC1. The van der Waals surface area contributed by atoms with Crippen molar-refractivity contribution < 1.29 is 14.7 Å². The molecule has 3 rings (SSSR count). The summed E-state index contributed by atoms with van der Waals surface area (Å²) < 4.78 is 0. The van der Waals surface area contributed by atoms with Gasteiger partial charge < -0.3 is 15.3 Å². The number of carbonyl (C=O) groups excluding carboxylic acids is 1. The highest BCUT2D eigenvalue weighted by molar-refractivity contribution is 6.35. The molecule has 1 aliphatic heterocycles. The molecule has 1 aromatic carbocycles. The third kappa shape index (κ3) is 3.95. The predicted molar refractivity (Wildman–Crippen MR) is 92.6 cm³/mol. The molecule has 2 N–H and O–H groups in total. The zero-order chi connectivity index (χ0) is 17.3. The second-order valence-corrected chi connectivity index (χ2v) is 7.40. The summed E-state index contributed by atoms with van der Waals surface area (Å²) in [5.74, 6) is -0.332. The van der Waals surface area contributed by atoms with Crippen molar-refractivity contribution in [2.75, 3.05) is 19.6 Å². The molecule has 1 saturated carbocycles. The molecule has 1 heterocycles.